The highest BCUT2D eigenvalue weighted by Crippen LogP contribution is 2.33. The fraction of sp³-hybridized carbons (Fsp3) is 0.176. The molecule has 0 saturated heterocycles. The van der Waals surface area contributed by atoms with Crippen molar-refractivity contribution in [3.63, 3.8) is 0 Å². The van der Waals surface area contributed by atoms with Crippen LogP contribution in [0.5, 0.6) is 23.0 Å². The van der Waals surface area contributed by atoms with Gasteiger partial charge < -0.3 is 18.9 Å². The van der Waals surface area contributed by atoms with E-state index in [4.69, 9.17) is 18.9 Å². The molecule has 1 heterocycles. The smallest absolute Gasteiger partial charge is 0.233 e. The fourth-order valence-corrected chi connectivity index (χ4v) is 2.28. The Kier molecular flexibility index (Phi) is 3.89. The molecule has 0 bridgehead atoms. The predicted molar refractivity (Wildman–Crippen MR) is 80.8 cm³/mol. The average molecular weight is 314 g/mol. The number of ketones is 2. The molecule has 0 spiro atoms. The minimum absolute atomic E-state index is 0.108. The number of hydrogen-bond donors (Lipinski definition) is 0. The minimum Gasteiger partial charge on any atom is -0.493 e. The summed E-state index contributed by atoms with van der Waals surface area (Å²) >= 11 is 0. The first-order chi connectivity index (χ1) is 11.1. The Bertz CT molecular complexity index is 781. The molecule has 1 aliphatic rings. The summed E-state index contributed by atoms with van der Waals surface area (Å²) in [6, 6.07) is 9.23. The van der Waals surface area contributed by atoms with Gasteiger partial charge in [0.15, 0.2) is 23.0 Å². The quantitative estimate of drug-likeness (QED) is 0.624. The first-order valence-corrected chi connectivity index (χ1v) is 6.84. The lowest BCUT2D eigenvalue weighted by atomic mass is 10.0. The average Bonchev–Trinajstić information content (AvgIpc) is 3.07. The number of carbonyl (C=O) groups is 2. The fourth-order valence-electron chi connectivity index (χ4n) is 2.28. The maximum atomic E-state index is 12.4. The van der Waals surface area contributed by atoms with Crippen molar-refractivity contribution < 1.29 is 28.5 Å². The van der Waals surface area contributed by atoms with Crippen LogP contribution >= 0.6 is 0 Å². The summed E-state index contributed by atoms with van der Waals surface area (Å²) in [7, 11) is 2.96. The number of ether oxygens (including phenoxy) is 4. The van der Waals surface area contributed by atoms with E-state index in [0.717, 1.165) is 0 Å². The molecule has 0 aromatic heterocycles. The lowest BCUT2D eigenvalue weighted by Gasteiger charge is -2.09. The second-order valence-corrected chi connectivity index (χ2v) is 4.80. The Morgan fingerprint density at radius 3 is 2.13 bits per heavy atom. The molecule has 1 aliphatic heterocycles. The van der Waals surface area contributed by atoms with E-state index < -0.39 is 11.6 Å². The van der Waals surface area contributed by atoms with Gasteiger partial charge in [-0.15, -0.1) is 0 Å². The van der Waals surface area contributed by atoms with Gasteiger partial charge in [0.2, 0.25) is 18.4 Å². The monoisotopic (exact) mass is 314 g/mol. The molecule has 0 fully saturated rings. The molecule has 2 aromatic carbocycles. The van der Waals surface area contributed by atoms with Gasteiger partial charge in [0.05, 0.1) is 14.2 Å². The first kappa shape index (κ1) is 14.9. The third-order valence-electron chi connectivity index (χ3n) is 3.49. The number of carbonyl (C=O) groups excluding carboxylic acids is 2. The van der Waals surface area contributed by atoms with Gasteiger partial charge in [0.1, 0.15) is 0 Å². The van der Waals surface area contributed by atoms with Crippen LogP contribution in [0.1, 0.15) is 20.7 Å². The number of rotatable bonds is 5. The largest absolute Gasteiger partial charge is 0.493 e. The number of benzene rings is 2. The number of Topliss-reactive ketones (excluding diaryl/α,β-unsaturated/α-hetero) is 2. The van der Waals surface area contributed by atoms with E-state index in [-0.39, 0.29) is 17.9 Å². The highest BCUT2D eigenvalue weighted by Gasteiger charge is 2.23. The molecule has 23 heavy (non-hydrogen) atoms. The SMILES string of the molecule is COc1ccc(C(=O)C(=O)c2ccc3c(c2)OCO3)cc1OC. The highest BCUT2D eigenvalue weighted by atomic mass is 16.7. The van der Waals surface area contributed by atoms with E-state index in [0.29, 0.717) is 23.0 Å². The van der Waals surface area contributed by atoms with Crippen LogP contribution in [0.3, 0.4) is 0 Å². The normalized spacial score (nSPS) is 11.9. The van der Waals surface area contributed by atoms with Gasteiger partial charge in [-0.1, -0.05) is 0 Å². The zero-order valence-corrected chi connectivity index (χ0v) is 12.6. The van der Waals surface area contributed by atoms with Crippen LogP contribution in [-0.4, -0.2) is 32.6 Å². The lowest BCUT2D eigenvalue weighted by molar-refractivity contribution is 0.0816. The molecule has 0 radical (unpaired) electrons. The van der Waals surface area contributed by atoms with E-state index >= 15 is 0 Å². The van der Waals surface area contributed by atoms with Gasteiger partial charge in [-0.3, -0.25) is 9.59 Å². The standard InChI is InChI=1S/C17H14O6/c1-20-12-5-3-10(7-14(12)21-2)16(18)17(19)11-4-6-13-15(8-11)23-9-22-13/h3-8H,9H2,1-2H3. The highest BCUT2D eigenvalue weighted by molar-refractivity contribution is 6.49. The molecule has 0 amide bonds. The Morgan fingerprint density at radius 2 is 1.43 bits per heavy atom. The van der Waals surface area contributed by atoms with Crippen LogP contribution in [0.15, 0.2) is 36.4 Å². The van der Waals surface area contributed by atoms with Crippen molar-refractivity contribution in [2.45, 2.75) is 0 Å². The summed E-state index contributed by atoms with van der Waals surface area (Å²) in [6.07, 6.45) is 0. The third kappa shape index (κ3) is 2.70. The summed E-state index contributed by atoms with van der Waals surface area (Å²) in [5.74, 6) is 0.618. The van der Waals surface area contributed by atoms with Crippen LogP contribution in [-0.2, 0) is 0 Å². The van der Waals surface area contributed by atoms with Gasteiger partial charge >= 0.3 is 0 Å². The molecule has 2 aromatic rings. The molecule has 6 heteroatoms. The summed E-state index contributed by atoms with van der Waals surface area (Å²) in [6.45, 7) is 0.108. The third-order valence-corrected chi connectivity index (χ3v) is 3.49. The van der Waals surface area contributed by atoms with Gasteiger partial charge in [-0.05, 0) is 36.4 Å². The molecule has 0 saturated carbocycles. The lowest BCUT2D eigenvalue weighted by Crippen LogP contribution is -2.14. The van der Waals surface area contributed by atoms with Crippen LogP contribution in [0.4, 0.5) is 0 Å². The van der Waals surface area contributed by atoms with Gasteiger partial charge in [-0.25, -0.2) is 0 Å². The van der Waals surface area contributed by atoms with Crippen LogP contribution in [0, 0.1) is 0 Å². The van der Waals surface area contributed by atoms with Crippen molar-refractivity contribution >= 4 is 11.6 Å². The summed E-state index contributed by atoms with van der Waals surface area (Å²) in [5.41, 5.74) is 0.472. The van der Waals surface area contributed by atoms with Crippen molar-refractivity contribution in [3.8, 4) is 23.0 Å². The van der Waals surface area contributed by atoms with E-state index in [1.807, 2.05) is 0 Å². The maximum absolute atomic E-state index is 12.4. The van der Waals surface area contributed by atoms with Crippen LogP contribution in [0.2, 0.25) is 0 Å². The van der Waals surface area contributed by atoms with E-state index in [2.05, 4.69) is 0 Å². The summed E-state index contributed by atoms with van der Waals surface area (Å²) in [5, 5.41) is 0. The topological polar surface area (TPSA) is 71.1 Å². The Hall–Kier alpha value is -3.02. The molecular weight excluding hydrogens is 300 g/mol. The number of fused-ring (bicyclic) bond motifs is 1. The molecule has 0 unspecified atom stereocenters. The Labute approximate surface area is 132 Å². The summed E-state index contributed by atoms with van der Waals surface area (Å²) in [4.78, 5) is 24.8. The van der Waals surface area contributed by atoms with E-state index in [9.17, 15) is 9.59 Å². The molecule has 0 N–H and O–H groups in total. The van der Waals surface area contributed by atoms with Crippen molar-refractivity contribution in [2.75, 3.05) is 21.0 Å². The van der Waals surface area contributed by atoms with E-state index in [1.54, 1.807) is 12.1 Å². The molecule has 118 valence electrons. The van der Waals surface area contributed by atoms with Gasteiger partial charge in [-0.2, -0.15) is 0 Å². The van der Waals surface area contributed by atoms with E-state index in [1.165, 1.54) is 38.5 Å². The minimum atomic E-state index is -0.634. The maximum Gasteiger partial charge on any atom is 0.233 e. The van der Waals surface area contributed by atoms with Gasteiger partial charge in [0, 0.05) is 11.1 Å². The zero-order valence-electron chi connectivity index (χ0n) is 12.6. The number of hydrogen-bond acceptors (Lipinski definition) is 6. The van der Waals surface area contributed by atoms with Crippen LogP contribution in [0.25, 0.3) is 0 Å². The second kappa shape index (κ2) is 6.00. The first-order valence-electron chi connectivity index (χ1n) is 6.84. The molecule has 6 nitrogen and oxygen atoms in total. The zero-order chi connectivity index (χ0) is 16.4. The summed E-state index contributed by atoms with van der Waals surface area (Å²) < 4.78 is 20.7. The Morgan fingerprint density at radius 1 is 0.826 bits per heavy atom. The van der Waals surface area contributed by atoms with Crippen molar-refractivity contribution in [2.24, 2.45) is 0 Å². The molecule has 0 aliphatic carbocycles. The van der Waals surface area contributed by atoms with Gasteiger partial charge in [0.25, 0.3) is 0 Å². The second-order valence-electron chi connectivity index (χ2n) is 4.80. The van der Waals surface area contributed by atoms with Crippen LogP contribution < -0.4 is 18.9 Å². The number of methoxy groups -OCH3 is 2. The molecule has 0 atom stereocenters. The molecule has 3 rings (SSSR count). The predicted octanol–water partition coefficient (Wildman–Crippen LogP) is 2.50. The van der Waals surface area contributed by atoms with Crippen molar-refractivity contribution in [1.29, 1.82) is 0 Å². The van der Waals surface area contributed by atoms with Crippen molar-refractivity contribution in [1.82, 2.24) is 0 Å². The molecular formula is C17H14O6. The van der Waals surface area contributed by atoms with Crippen molar-refractivity contribution in [3.05, 3.63) is 47.5 Å². The Balaban J connectivity index is 1.89.